The maximum Gasteiger partial charge on any atom is 0.158 e. The highest BCUT2D eigenvalue weighted by atomic mass is 32.2. The molecule has 1 aromatic heterocycles. The normalized spacial score (nSPS) is 16.0. The van der Waals surface area contributed by atoms with Crippen molar-refractivity contribution in [3.8, 4) is 6.07 Å². The van der Waals surface area contributed by atoms with E-state index in [-0.39, 0.29) is 0 Å². The second kappa shape index (κ2) is 6.86. The van der Waals surface area contributed by atoms with Crippen LogP contribution in [-0.4, -0.2) is 37.7 Å². The van der Waals surface area contributed by atoms with Crippen LogP contribution in [0, 0.1) is 11.3 Å². The molecular formula is C16H16N2O3S. The molecule has 0 amide bonds. The van der Waals surface area contributed by atoms with Crippen molar-refractivity contribution in [3.05, 3.63) is 33.7 Å². The highest BCUT2D eigenvalue weighted by molar-refractivity contribution is 7.99. The number of nitriles is 1. The van der Waals surface area contributed by atoms with Crippen molar-refractivity contribution in [1.29, 1.82) is 5.26 Å². The number of ether oxygens (including phenoxy) is 3. The number of hydrogen-bond donors (Lipinski definition) is 0. The summed E-state index contributed by atoms with van der Waals surface area (Å²) in [5.41, 5.74) is 0.574. The fourth-order valence-electron chi connectivity index (χ4n) is 2.30. The fourth-order valence-corrected chi connectivity index (χ4v) is 3.16. The van der Waals surface area contributed by atoms with Gasteiger partial charge in [-0.1, -0.05) is 6.08 Å². The van der Waals surface area contributed by atoms with E-state index in [4.69, 9.17) is 14.2 Å². The van der Waals surface area contributed by atoms with Crippen LogP contribution in [0.1, 0.15) is 12.0 Å². The minimum Gasteiger partial charge on any atom is -0.490 e. The summed E-state index contributed by atoms with van der Waals surface area (Å²) in [7, 11) is 1.66. The Morgan fingerprint density at radius 2 is 2.27 bits per heavy atom. The average Bonchev–Trinajstić information content (AvgIpc) is 2.73. The van der Waals surface area contributed by atoms with Gasteiger partial charge in [0, 0.05) is 24.5 Å². The second-order valence-corrected chi connectivity index (χ2v) is 5.89. The number of allylic oxidation sites excluding steroid dienone is 2. The van der Waals surface area contributed by atoms with Crippen molar-refractivity contribution in [2.45, 2.75) is 11.4 Å². The third-order valence-corrected chi connectivity index (χ3v) is 4.31. The summed E-state index contributed by atoms with van der Waals surface area (Å²) in [5, 5.41) is 11.8. The molecule has 0 bridgehead atoms. The van der Waals surface area contributed by atoms with E-state index in [1.54, 1.807) is 7.11 Å². The van der Waals surface area contributed by atoms with E-state index < -0.39 is 0 Å². The van der Waals surface area contributed by atoms with E-state index in [2.05, 4.69) is 11.1 Å². The molecule has 0 radical (unpaired) electrons. The van der Waals surface area contributed by atoms with E-state index in [1.807, 2.05) is 18.2 Å². The van der Waals surface area contributed by atoms with E-state index in [1.165, 1.54) is 11.8 Å². The summed E-state index contributed by atoms with van der Waals surface area (Å²) in [4.78, 5) is 4.63. The van der Waals surface area contributed by atoms with Gasteiger partial charge in [-0.25, -0.2) is 4.98 Å². The van der Waals surface area contributed by atoms with Crippen LogP contribution in [0.3, 0.4) is 0 Å². The molecule has 2 heterocycles. The Morgan fingerprint density at radius 1 is 1.41 bits per heavy atom. The Balaban J connectivity index is 2.01. The Kier molecular flexibility index (Phi) is 4.66. The molecule has 3 rings (SSSR count). The highest BCUT2D eigenvalue weighted by Crippen LogP contribution is 2.21. The molecule has 2 aliphatic rings. The summed E-state index contributed by atoms with van der Waals surface area (Å²) < 4.78 is 16.3. The molecule has 114 valence electrons. The topological polar surface area (TPSA) is 64.4 Å². The third kappa shape index (κ3) is 3.11. The molecule has 0 saturated heterocycles. The molecule has 5 nitrogen and oxygen atoms in total. The number of hydrogen-bond acceptors (Lipinski definition) is 6. The van der Waals surface area contributed by atoms with Gasteiger partial charge in [0.2, 0.25) is 0 Å². The van der Waals surface area contributed by atoms with Crippen molar-refractivity contribution in [1.82, 2.24) is 4.98 Å². The minimum atomic E-state index is 0.550. The predicted molar refractivity (Wildman–Crippen MR) is 83.3 cm³/mol. The second-order valence-electron chi connectivity index (χ2n) is 4.81. The molecule has 0 saturated carbocycles. The van der Waals surface area contributed by atoms with Crippen LogP contribution in [0.15, 0.2) is 22.6 Å². The van der Waals surface area contributed by atoms with Gasteiger partial charge in [-0.2, -0.15) is 5.26 Å². The summed E-state index contributed by atoms with van der Waals surface area (Å²) in [6, 6.07) is 4.08. The summed E-state index contributed by atoms with van der Waals surface area (Å²) in [6.45, 7) is 1.75. The predicted octanol–water partition coefficient (Wildman–Crippen LogP) is 0.915. The van der Waals surface area contributed by atoms with Crippen molar-refractivity contribution < 1.29 is 14.2 Å². The van der Waals surface area contributed by atoms with Crippen LogP contribution in [-0.2, 0) is 14.2 Å². The minimum absolute atomic E-state index is 0.550. The van der Waals surface area contributed by atoms with Gasteiger partial charge in [0.25, 0.3) is 0 Å². The van der Waals surface area contributed by atoms with Crippen LogP contribution in [0.25, 0.3) is 12.2 Å². The average molecular weight is 316 g/mol. The molecule has 1 aromatic rings. The van der Waals surface area contributed by atoms with Gasteiger partial charge in [0.05, 0.1) is 17.5 Å². The molecule has 22 heavy (non-hydrogen) atoms. The SMILES string of the molecule is COCCSc1nc2c(cc1C#N)=CC1=C(CC=2)OCCO1. The lowest BCUT2D eigenvalue weighted by atomic mass is 10.2. The van der Waals surface area contributed by atoms with E-state index in [9.17, 15) is 5.26 Å². The molecular weight excluding hydrogens is 300 g/mol. The van der Waals surface area contributed by atoms with Gasteiger partial charge < -0.3 is 14.2 Å². The van der Waals surface area contributed by atoms with Crippen LogP contribution in [0.2, 0.25) is 0 Å². The van der Waals surface area contributed by atoms with Crippen LogP contribution >= 0.6 is 11.8 Å². The Bertz CT molecular complexity index is 765. The summed E-state index contributed by atoms with van der Waals surface area (Å²) >= 11 is 1.53. The number of nitrogens with zero attached hydrogens (tertiary/aromatic N) is 2. The number of aromatic nitrogens is 1. The zero-order chi connectivity index (χ0) is 15.4. The zero-order valence-electron chi connectivity index (χ0n) is 12.3. The quantitative estimate of drug-likeness (QED) is 0.608. The van der Waals surface area contributed by atoms with Crippen molar-refractivity contribution >= 4 is 23.9 Å². The molecule has 0 spiro atoms. The third-order valence-electron chi connectivity index (χ3n) is 3.35. The first-order valence-electron chi connectivity index (χ1n) is 7.05. The molecule has 0 atom stereocenters. The standard InChI is InChI=1S/C16H16N2O3S/c1-19-6-7-22-16-12(10-17)8-11-9-15-14(20-4-5-21-15)3-2-13(11)18-16/h2,8-9H,3-7H2,1H3. The molecule has 6 heteroatoms. The highest BCUT2D eigenvalue weighted by Gasteiger charge is 2.15. The van der Waals surface area contributed by atoms with Gasteiger partial charge in [0.15, 0.2) is 5.76 Å². The molecule has 0 N–H and O–H groups in total. The molecule has 0 fully saturated rings. The monoisotopic (exact) mass is 316 g/mol. The summed E-state index contributed by atoms with van der Waals surface area (Å²) in [5.74, 6) is 2.34. The van der Waals surface area contributed by atoms with Crippen molar-refractivity contribution in [2.75, 3.05) is 32.7 Å². The maximum absolute atomic E-state index is 9.35. The number of pyridine rings is 1. The number of thioether (sulfide) groups is 1. The van der Waals surface area contributed by atoms with E-state index >= 15 is 0 Å². The zero-order valence-corrected chi connectivity index (χ0v) is 13.1. The fraction of sp³-hybridized carbons (Fsp3) is 0.375. The van der Waals surface area contributed by atoms with Gasteiger partial charge in [-0.3, -0.25) is 0 Å². The smallest absolute Gasteiger partial charge is 0.158 e. The summed E-state index contributed by atoms with van der Waals surface area (Å²) in [6.07, 6.45) is 4.58. The Hall–Kier alpha value is -1.97. The van der Waals surface area contributed by atoms with Gasteiger partial charge in [0.1, 0.15) is 30.1 Å². The van der Waals surface area contributed by atoms with E-state index in [0.717, 1.165) is 32.9 Å². The lowest BCUT2D eigenvalue weighted by Gasteiger charge is -2.18. The van der Waals surface area contributed by atoms with Gasteiger partial charge in [-0.05, 0) is 12.1 Å². The van der Waals surface area contributed by atoms with Crippen molar-refractivity contribution in [3.63, 3.8) is 0 Å². The number of fused-ring (bicyclic) bond motifs is 1. The molecule has 0 unspecified atom stereocenters. The van der Waals surface area contributed by atoms with Crippen LogP contribution in [0.4, 0.5) is 0 Å². The van der Waals surface area contributed by atoms with Crippen LogP contribution < -0.4 is 10.6 Å². The van der Waals surface area contributed by atoms with Crippen LogP contribution in [0.5, 0.6) is 0 Å². The number of rotatable bonds is 4. The first kappa shape index (κ1) is 14.9. The maximum atomic E-state index is 9.35. The van der Waals surface area contributed by atoms with Crippen molar-refractivity contribution in [2.24, 2.45) is 0 Å². The Morgan fingerprint density at radius 3 is 3.09 bits per heavy atom. The molecule has 1 aliphatic heterocycles. The van der Waals surface area contributed by atoms with E-state index in [0.29, 0.717) is 31.8 Å². The molecule has 0 aromatic carbocycles. The number of methoxy groups -OCH3 is 1. The van der Waals surface area contributed by atoms with Gasteiger partial charge >= 0.3 is 0 Å². The first-order valence-corrected chi connectivity index (χ1v) is 8.04. The largest absolute Gasteiger partial charge is 0.490 e. The lowest BCUT2D eigenvalue weighted by molar-refractivity contribution is 0.0712. The lowest BCUT2D eigenvalue weighted by Crippen LogP contribution is -2.29. The molecule has 1 aliphatic carbocycles. The first-order chi connectivity index (χ1) is 10.8. The Labute approximate surface area is 132 Å². The van der Waals surface area contributed by atoms with Gasteiger partial charge in [-0.15, -0.1) is 11.8 Å².